The van der Waals surface area contributed by atoms with Crippen LogP contribution in [-0.4, -0.2) is 75.2 Å². The van der Waals surface area contributed by atoms with Gasteiger partial charge in [-0.1, -0.05) is 24.3 Å². The Balaban J connectivity index is 1.20. The van der Waals surface area contributed by atoms with Gasteiger partial charge in [-0.2, -0.15) is 5.10 Å². The Morgan fingerprint density at radius 3 is 2.00 bits per heavy atom. The van der Waals surface area contributed by atoms with Gasteiger partial charge in [0, 0.05) is 43.5 Å². The van der Waals surface area contributed by atoms with Crippen molar-refractivity contribution in [3.05, 3.63) is 65.2 Å². The Labute approximate surface area is 213 Å². The molecular weight excluding hydrogens is 452 g/mol. The van der Waals surface area contributed by atoms with Gasteiger partial charge in [-0.3, -0.25) is 5.01 Å². The van der Waals surface area contributed by atoms with Crippen LogP contribution in [0.4, 0.5) is 11.4 Å². The predicted octanol–water partition coefficient (Wildman–Crippen LogP) is 3.91. The molecule has 3 heterocycles. The molecule has 2 aromatic carbocycles. The Morgan fingerprint density at radius 1 is 0.833 bits per heavy atom. The number of benzene rings is 2. The fourth-order valence-corrected chi connectivity index (χ4v) is 6.05. The molecule has 2 aromatic rings. The monoisotopic (exact) mass is 488 g/mol. The maximum atomic E-state index is 10.2. The minimum atomic E-state index is -0.0720. The smallest absolute Gasteiger partial charge is 0.132 e. The molecular formula is C29H36N4O3. The number of hydrazone groups is 1. The minimum Gasteiger partial charge on any atom is -0.378 e. The molecule has 2 unspecified atom stereocenters. The van der Waals surface area contributed by atoms with Gasteiger partial charge in [0.1, 0.15) is 6.73 Å². The molecule has 190 valence electrons. The molecule has 0 radical (unpaired) electrons. The Hall–Kier alpha value is -2.87. The lowest BCUT2D eigenvalue weighted by molar-refractivity contribution is 0.0697. The highest BCUT2D eigenvalue weighted by Crippen LogP contribution is 2.44. The third-order valence-corrected chi connectivity index (χ3v) is 7.95. The van der Waals surface area contributed by atoms with Crippen LogP contribution in [0.3, 0.4) is 0 Å². The van der Waals surface area contributed by atoms with E-state index in [9.17, 15) is 5.11 Å². The summed E-state index contributed by atoms with van der Waals surface area (Å²) in [4.78, 5) is 4.76. The van der Waals surface area contributed by atoms with E-state index >= 15 is 0 Å². The summed E-state index contributed by atoms with van der Waals surface area (Å²) >= 11 is 0. The van der Waals surface area contributed by atoms with E-state index < -0.39 is 0 Å². The van der Waals surface area contributed by atoms with Gasteiger partial charge in [0.25, 0.3) is 0 Å². The largest absolute Gasteiger partial charge is 0.378 e. The number of anilines is 2. The Bertz CT molecular complexity index is 1090. The van der Waals surface area contributed by atoms with Crippen LogP contribution in [0.1, 0.15) is 36.4 Å². The lowest BCUT2D eigenvalue weighted by Gasteiger charge is -2.31. The number of hydrogen-bond acceptors (Lipinski definition) is 7. The van der Waals surface area contributed by atoms with Gasteiger partial charge in [0.05, 0.1) is 38.2 Å². The van der Waals surface area contributed by atoms with Gasteiger partial charge in [0.15, 0.2) is 0 Å². The minimum absolute atomic E-state index is 0.0720. The number of hydrogen-bond donors (Lipinski definition) is 1. The number of aliphatic hydroxyl groups excluding tert-OH is 1. The predicted molar refractivity (Wildman–Crippen MR) is 143 cm³/mol. The standard InChI is InChI=1S/C29H36N4O3/c34-21-33-29(23-6-10-26(11-7-23)32-14-18-36-19-15-32)27-3-1-2-24(28(27)30-33)20-22-4-8-25(9-5-22)31-12-16-35-17-13-31/h4-11,20,27,29,34H,1-3,12-19,21H2. The van der Waals surface area contributed by atoms with Gasteiger partial charge in [-0.15, -0.1) is 0 Å². The highest BCUT2D eigenvalue weighted by molar-refractivity contribution is 6.07. The number of nitrogens with zero attached hydrogens (tertiary/aromatic N) is 4. The normalized spacial score (nSPS) is 25.8. The average Bonchev–Trinajstić information content (AvgIpc) is 3.34. The fourth-order valence-electron chi connectivity index (χ4n) is 6.05. The second-order valence-electron chi connectivity index (χ2n) is 10.1. The fraction of sp³-hybridized carbons (Fsp3) is 0.483. The van der Waals surface area contributed by atoms with Crippen LogP contribution in [0.5, 0.6) is 0 Å². The van der Waals surface area contributed by atoms with E-state index in [0.717, 1.165) is 77.6 Å². The highest BCUT2D eigenvalue weighted by Gasteiger charge is 2.41. The number of aliphatic hydroxyl groups is 1. The summed E-state index contributed by atoms with van der Waals surface area (Å²) in [6.07, 6.45) is 5.57. The van der Waals surface area contributed by atoms with Crippen LogP contribution in [0, 0.1) is 5.92 Å². The SMILES string of the molecule is OCN1N=C2C(=Cc3ccc(N4CCOCC4)cc3)CCCC2C1c1ccc(N2CCOCC2)cc1. The van der Waals surface area contributed by atoms with Crippen molar-refractivity contribution in [1.82, 2.24) is 5.01 Å². The van der Waals surface area contributed by atoms with E-state index in [2.05, 4.69) is 64.4 Å². The summed E-state index contributed by atoms with van der Waals surface area (Å²) in [5, 5.41) is 17.0. The summed E-state index contributed by atoms with van der Waals surface area (Å²) < 4.78 is 11.0. The summed E-state index contributed by atoms with van der Waals surface area (Å²) in [6.45, 7) is 6.86. The second kappa shape index (κ2) is 10.6. The van der Waals surface area contributed by atoms with Crippen molar-refractivity contribution < 1.29 is 14.6 Å². The molecule has 1 saturated carbocycles. The molecule has 7 nitrogen and oxygen atoms in total. The lowest BCUT2D eigenvalue weighted by Crippen LogP contribution is -2.36. The van der Waals surface area contributed by atoms with Crippen molar-refractivity contribution in [3.63, 3.8) is 0 Å². The van der Waals surface area contributed by atoms with Crippen LogP contribution in [0.15, 0.2) is 59.2 Å². The topological polar surface area (TPSA) is 60.8 Å². The molecule has 0 bridgehead atoms. The maximum absolute atomic E-state index is 10.2. The van der Waals surface area contributed by atoms with Crippen LogP contribution in [0.2, 0.25) is 0 Å². The van der Waals surface area contributed by atoms with Gasteiger partial charge in [-0.25, -0.2) is 0 Å². The third kappa shape index (κ3) is 4.75. The van der Waals surface area contributed by atoms with Crippen LogP contribution < -0.4 is 9.80 Å². The van der Waals surface area contributed by atoms with Gasteiger partial charge in [0.2, 0.25) is 0 Å². The molecule has 36 heavy (non-hydrogen) atoms. The Morgan fingerprint density at radius 2 is 1.42 bits per heavy atom. The number of allylic oxidation sites excluding steroid dienone is 1. The van der Waals surface area contributed by atoms with Crippen molar-refractivity contribution in [2.45, 2.75) is 25.3 Å². The van der Waals surface area contributed by atoms with Crippen LogP contribution in [-0.2, 0) is 9.47 Å². The van der Waals surface area contributed by atoms with Crippen LogP contribution in [0.25, 0.3) is 6.08 Å². The zero-order valence-corrected chi connectivity index (χ0v) is 20.9. The van der Waals surface area contributed by atoms with E-state index in [1.54, 1.807) is 0 Å². The summed E-state index contributed by atoms with van der Waals surface area (Å²) in [6, 6.07) is 17.8. The first-order valence-corrected chi connectivity index (χ1v) is 13.3. The first-order valence-electron chi connectivity index (χ1n) is 13.3. The summed E-state index contributed by atoms with van der Waals surface area (Å²) in [5.74, 6) is 0.305. The van der Waals surface area contributed by atoms with E-state index in [0.29, 0.717) is 5.92 Å². The lowest BCUT2D eigenvalue weighted by atomic mass is 9.77. The molecule has 4 aliphatic rings. The van der Waals surface area contributed by atoms with E-state index in [4.69, 9.17) is 14.6 Å². The molecule has 6 rings (SSSR count). The molecule has 0 spiro atoms. The van der Waals surface area contributed by atoms with Crippen molar-refractivity contribution in [2.75, 3.05) is 69.1 Å². The van der Waals surface area contributed by atoms with E-state index in [1.807, 2.05) is 5.01 Å². The van der Waals surface area contributed by atoms with Gasteiger partial charge in [-0.05, 0) is 66.3 Å². The van der Waals surface area contributed by atoms with Gasteiger partial charge < -0.3 is 24.4 Å². The highest BCUT2D eigenvalue weighted by atomic mass is 16.5. The number of fused-ring (bicyclic) bond motifs is 1. The summed E-state index contributed by atoms with van der Waals surface area (Å²) in [7, 11) is 0. The zero-order valence-electron chi connectivity index (χ0n) is 20.9. The maximum Gasteiger partial charge on any atom is 0.132 e. The molecule has 1 N–H and O–H groups in total. The third-order valence-electron chi connectivity index (χ3n) is 7.95. The number of morpholine rings is 2. The molecule has 1 aliphatic carbocycles. The molecule has 0 amide bonds. The number of rotatable bonds is 5. The Kier molecular flexibility index (Phi) is 6.94. The molecule has 0 aromatic heterocycles. The molecule has 7 heteroatoms. The van der Waals surface area contributed by atoms with Crippen molar-refractivity contribution in [3.8, 4) is 0 Å². The van der Waals surface area contributed by atoms with Crippen LogP contribution >= 0.6 is 0 Å². The number of ether oxygens (including phenoxy) is 2. The quantitative estimate of drug-likeness (QED) is 0.689. The molecule has 2 atom stereocenters. The van der Waals surface area contributed by atoms with Crippen molar-refractivity contribution in [2.24, 2.45) is 11.0 Å². The second-order valence-corrected chi connectivity index (χ2v) is 10.1. The zero-order chi connectivity index (χ0) is 24.3. The molecule has 3 aliphatic heterocycles. The van der Waals surface area contributed by atoms with Gasteiger partial charge >= 0.3 is 0 Å². The first kappa shape index (κ1) is 23.5. The average molecular weight is 489 g/mol. The molecule has 2 saturated heterocycles. The van der Waals surface area contributed by atoms with Crippen molar-refractivity contribution in [1.29, 1.82) is 0 Å². The summed E-state index contributed by atoms with van der Waals surface area (Å²) in [5.41, 5.74) is 7.37. The first-order chi connectivity index (χ1) is 17.8. The van der Waals surface area contributed by atoms with E-state index in [1.165, 1.54) is 28.1 Å². The molecule has 3 fully saturated rings. The van der Waals surface area contributed by atoms with Crippen molar-refractivity contribution >= 4 is 23.2 Å². The van der Waals surface area contributed by atoms with E-state index in [-0.39, 0.29) is 12.8 Å².